The molecular formula is C28H37N5O10S2. The number of aliphatic hydroxyl groups is 1. The van der Waals surface area contributed by atoms with E-state index in [9.17, 15) is 31.8 Å². The summed E-state index contributed by atoms with van der Waals surface area (Å²) < 4.78 is 65.2. The van der Waals surface area contributed by atoms with E-state index in [1.165, 1.54) is 18.2 Å². The number of hydrogen-bond donors (Lipinski definition) is 4. The van der Waals surface area contributed by atoms with Crippen molar-refractivity contribution in [3.05, 3.63) is 54.1 Å². The van der Waals surface area contributed by atoms with Gasteiger partial charge in [0.2, 0.25) is 16.0 Å². The highest BCUT2D eigenvalue weighted by Crippen LogP contribution is 2.29. The Morgan fingerprint density at radius 2 is 1.80 bits per heavy atom. The molecule has 1 amide bonds. The van der Waals surface area contributed by atoms with Gasteiger partial charge in [0.05, 0.1) is 66.2 Å². The van der Waals surface area contributed by atoms with E-state index in [1.54, 1.807) is 24.3 Å². The molecule has 1 saturated carbocycles. The zero-order valence-electron chi connectivity index (χ0n) is 24.6. The number of ether oxygens (including phenoxy) is 2. The van der Waals surface area contributed by atoms with Crippen molar-refractivity contribution in [2.24, 2.45) is 0 Å². The van der Waals surface area contributed by atoms with Crippen LogP contribution in [-0.4, -0.2) is 110 Å². The van der Waals surface area contributed by atoms with E-state index in [4.69, 9.17) is 14.3 Å². The fourth-order valence-corrected chi connectivity index (χ4v) is 7.38. The van der Waals surface area contributed by atoms with Crippen LogP contribution in [-0.2, 0) is 40.8 Å². The van der Waals surface area contributed by atoms with Crippen molar-refractivity contribution >= 4 is 43.1 Å². The minimum atomic E-state index is -4.43. The molecule has 2 fully saturated rings. The number of carbonyl (C=O) groups is 1. The molecule has 15 nitrogen and oxygen atoms in total. The SMILES string of the molecule is CS(=O)(=O)Nc1nc2ccc(S(=O)(=O)N(C[C@H](O)[C@H](Cc3ccccc3)N(C(=O)O)C3COCOC3)OC3CCCC3)cc2[nH]1. The third-order valence-electron chi connectivity index (χ3n) is 7.70. The fraction of sp³-hybridized carbons (Fsp3) is 0.500. The monoisotopic (exact) mass is 667 g/mol. The predicted molar refractivity (Wildman–Crippen MR) is 162 cm³/mol. The average molecular weight is 668 g/mol. The summed E-state index contributed by atoms with van der Waals surface area (Å²) in [4.78, 5) is 26.4. The van der Waals surface area contributed by atoms with Crippen molar-refractivity contribution in [2.75, 3.05) is 37.5 Å². The molecule has 0 unspecified atom stereocenters. The van der Waals surface area contributed by atoms with Crippen molar-refractivity contribution in [3.63, 3.8) is 0 Å². The van der Waals surface area contributed by atoms with E-state index in [0.717, 1.165) is 34.0 Å². The molecule has 2 heterocycles. The van der Waals surface area contributed by atoms with Crippen LogP contribution in [0.1, 0.15) is 31.2 Å². The normalized spacial score (nSPS) is 18.3. The Labute approximate surface area is 261 Å². The van der Waals surface area contributed by atoms with Crippen molar-refractivity contribution in [1.82, 2.24) is 19.3 Å². The molecule has 2 atom stereocenters. The van der Waals surface area contributed by atoms with Crippen LogP contribution in [0, 0.1) is 0 Å². The largest absolute Gasteiger partial charge is 0.465 e. The lowest BCUT2D eigenvalue weighted by Gasteiger charge is -2.40. The van der Waals surface area contributed by atoms with E-state index in [2.05, 4.69) is 14.7 Å². The van der Waals surface area contributed by atoms with Crippen LogP contribution in [0.4, 0.5) is 10.7 Å². The van der Waals surface area contributed by atoms with Crippen LogP contribution in [0.25, 0.3) is 11.0 Å². The number of H-pyrrole nitrogens is 1. The van der Waals surface area contributed by atoms with Crippen LogP contribution in [0.2, 0.25) is 0 Å². The van der Waals surface area contributed by atoms with Gasteiger partial charge in [0, 0.05) is 0 Å². The molecule has 45 heavy (non-hydrogen) atoms. The number of nitrogens with zero attached hydrogens (tertiary/aromatic N) is 3. The molecule has 4 N–H and O–H groups in total. The number of benzene rings is 2. The first kappa shape index (κ1) is 33.1. The number of anilines is 1. The Kier molecular flexibility index (Phi) is 10.3. The third kappa shape index (κ3) is 8.29. The molecule has 1 aromatic heterocycles. The molecule has 0 radical (unpaired) electrons. The van der Waals surface area contributed by atoms with Gasteiger partial charge in [0.25, 0.3) is 10.0 Å². The number of imidazole rings is 1. The zero-order valence-corrected chi connectivity index (χ0v) is 26.2. The zero-order chi connectivity index (χ0) is 32.2. The molecule has 1 aliphatic carbocycles. The molecule has 17 heteroatoms. The van der Waals surface area contributed by atoms with Gasteiger partial charge in [0.1, 0.15) is 6.79 Å². The van der Waals surface area contributed by atoms with Crippen LogP contribution in [0.15, 0.2) is 53.4 Å². The summed E-state index contributed by atoms with van der Waals surface area (Å²) in [6, 6.07) is 11.2. The Bertz CT molecular complexity index is 1670. The Balaban J connectivity index is 1.48. The summed E-state index contributed by atoms with van der Waals surface area (Å²) in [6.07, 6.45) is 0.718. The second kappa shape index (κ2) is 14.0. The minimum Gasteiger partial charge on any atom is -0.465 e. The van der Waals surface area contributed by atoms with E-state index in [0.29, 0.717) is 18.4 Å². The highest BCUT2D eigenvalue weighted by molar-refractivity contribution is 7.92. The van der Waals surface area contributed by atoms with Gasteiger partial charge in [-0.25, -0.2) is 26.6 Å². The first-order valence-corrected chi connectivity index (χ1v) is 17.8. The number of hydroxylamine groups is 1. The number of sulfonamides is 2. The quantitative estimate of drug-likeness (QED) is 0.195. The van der Waals surface area contributed by atoms with Crippen LogP contribution >= 0.6 is 0 Å². The smallest absolute Gasteiger partial charge is 0.408 e. The molecule has 0 bridgehead atoms. The molecule has 1 saturated heterocycles. The molecular weight excluding hydrogens is 630 g/mol. The van der Waals surface area contributed by atoms with E-state index in [-0.39, 0.29) is 42.8 Å². The molecule has 2 aromatic carbocycles. The summed E-state index contributed by atoms with van der Waals surface area (Å²) in [5.74, 6) is -0.0790. The van der Waals surface area contributed by atoms with Gasteiger partial charge in [-0.2, -0.15) is 0 Å². The van der Waals surface area contributed by atoms with E-state index < -0.39 is 57.0 Å². The lowest BCUT2D eigenvalue weighted by atomic mass is 9.98. The second-order valence-electron chi connectivity index (χ2n) is 11.2. The summed E-state index contributed by atoms with van der Waals surface area (Å²) in [5, 5.41) is 22.0. The molecule has 5 rings (SSSR count). The predicted octanol–water partition coefficient (Wildman–Crippen LogP) is 2.12. The summed E-state index contributed by atoms with van der Waals surface area (Å²) in [7, 11) is -8.06. The maximum atomic E-state index is 14.1. The van der Waals surface area contributed by atoms with E-state index >= 15 is 0 Å². The average Bonchev–Trinajstić information content (AvgIpc) is 3.65. The number of aromatic nitrogens is 2. The Hall–Kier alpha value is -3.32. The van der Waals surface area contributed by atoms with Crippen molar-refractivity contribution in [3.8, 4) is 0 Å². The first-order valence-electron chi connectivity index (χ1n) is 14.5. The number of hydrogen-bond acceptors (Lipinski definition) is 10. The van der Waals surface area contributed by atoms with Crippen LogP contribution in [0.5, 0.6) is 0 Å². The molecule has 246 valence electrons. The number of amides is 1. The van der Waals surface area contributed by atoms with Crippen molar-refractivity contribution in [1.29, 1.82) is 0 Å². The van der Waals surface area contributed by atoms with Crippen molar-refractivity contribution in [2.45, 2.75) is 61.3 Å². The maximum absolute atomic E-state index is 14.1. The molecule has 1 aliphatic heterocycles. The Morgan fingerprint density at radius 1 is 1.11 bits per heavy atom. The number of aromatic amines is 1. The topological polar surface area (TPSA) is 201 Å². The number of fused-ring (bicyclic) bond motifs is 1. The Morgan fingerprint density at radius 3 is 2.44 bits per heavy atom. The standard InChI is InChI=1S/C28H37N5O10S2/c1-44(37,38)31-27-29-23-12-11-22(14-24(23)30-27)45(39,40)32(43-21-9-5-6-10-21)15-26(34)25(13-19-7-3-2-4-8-19)33(28(35)36)20-16-41-18-42-17-20/h2-4,7-8,11-12,14,20-21,25-26,34H,5-6,9-10,13,15-18H2,1H3,(H,35,36)(H2,29,30,31)/t25-,26-/m0/s1. The lowest BCUT2D eigenvalue weighted by Crippen LogP contribution is -2.59. The second-order valence-corrected chi connectivity index (χ2v) is 14.7. The number of aliphatic hydroxyl groups excluding tert-OH is 1. The van der Waals surface area contributed by atoms with Crippen LogP contribution < -0.4 is 4.72 Å². The highest BCUT2D eigenvalue weighted by Gasteiger charge is 2.40. The van der Waals surface area contributed by atoms with Gasteiger partial charge in [-0.05, 0) is 43.0 Å². The van der Waals surface area contributed by atoms with Gasteiger partial charge >= 0.3 is 6.09 Å². The summed E-state index contributed by atoms with van der Waals surface area (Å²) in [5.41, 5.74) is 1.31. The number of rotatable bonds is 13. The molecule has 2 aliphatic rings. The highest BCUT2D eigenvalue weighted by atomic mass is 32.2. The van der Waals surface area contributed by atoms with Gasteiger partial charge in [-0.1, -0.05) is 47.6 Å². The number of carboxylic acid groups (broad SMARTS) is 1. The number of nitrogens with one attached hydrogen (secondary N) is 2. The third-order valence-corrected chi connectivity index (χ3v) is 9.88. The van der Waals surface area contributed by atoms with Gasteiger partial charge in [-0.3, -0.25) is 14.5 Å². The first-order chi connectivity index (χ1) is 21.4. The van der Waals surface area contributed by atoms with Gasteiger partial charge in [0.15, 0.2) is 0 Å². The lowest BCUT2D eigenvalue weighted by molar-refractivity contribution is -0.159. The maximum Gasteiger partial charge on any atom is 0.408 e. The van der Waals surface area contributed by atoms with Crippen molar-refractivity contribution < 1.29 is 46.2 Å². The molecule has 0 spiro atoms. The summed E-state index contributed by atoms with van der Waals surface area (Å²) >= 11 is 0. The summed E-state index contributed by atoms with van der Waals surface area (Å²) in [6.45, 7) is -0.462. The van der Waals surface area contributed by atoms with Gasteiger partial charge < -0.3 is 24.7 Å². The fourth-order valence-electron chi connectivity index (χ4n) is 5.60. The minimum absolute atomic E-state index is 0.0175. The van der Waals surface area contributed by atoms with Gasteiger partial charge in [-0.15, -0.1) is 0 Å². The molecule has 3 aromatic rings. The van der Waals surface area contributed by atoms with E-state index in [1.807, 2.05) is 6.07 Å². The van der Waals surface area contributed by atoms with Crippen LogP contribution in [0.3, 0.4) is 0 Å².